The summed E-state index contributed by atoms with van der Waals surface area (Å²) in [5.74, 6) is 0. The van der Waals surface area contributed by atoms with Gasteiger partial charge in [0.2, 0.25) is 0 Å². The predicted octanol–water partition coefficient (Wildman–Crippen LogP) is 0.581. The fourth-order valence-electron chi connectivity index (χ4n) is 1.55. The van der Waals surface area contributed by atoms with E-state index in [0.717, 1.165) is 0 Å². The molecule has 0 saturated heterocycles. The summed E-state index contributed by atoms with van der Waals surface area (Å²) in [5.41, 5.74) is 0.627. The molecule has 0 fully saturated rings. The maximum absolute atomic E-state index is 10.8. The van der Waals surface area contributed by atoms with Gasteiger partial charge < -0.3 is 0 Å². The monoisotopic (exact) mass is 216 g/mol. The van der Waals surface area contributed by atoms with Crippen LogP contribution in [-0.4, -0.2) is 29.9 Å². The summed E-state index contributed by atoms with van der Waals surface area (Å²) >= 11 is 0. The van der Waals surface area contributed by atoms with E-state index in [1.807, 2.05) is 0 Å². The highest BCUT2D eigenvalue weighted by Crippen LogP contribution is 2.23. The predicted molar refractivity (Wildman–Crippen MR) is 52.7 cm³/mol. The molecule has 0 aromatic carbocycles. The van der Waals surface area contributed by atoms with Gasteiger partial charge in [-0.25, -0.2) is 0 Å². The van der Waals surface area contributed by atoms with Crippen LogP contribution in [0.2, 0.25) is 0 Å². The van der Waals surface area contributed by atoms with Crippen LogP contribution < -0.4 is 0 Å². The Balaban J connectivity index is 2.58. The van der Waals surface area contributed by atoms with Crippen molar-refractivity contribution in [1.29, 1.82) is 0 Å². The van der Waals surface area contributed by atoms with E-state index in [9.17, 15) is 10.1 Å². The second-order valence-electron chi connectivity index (χ2n) is 3.14. The lowest BCUT2D eigenvalue weighted by Crippen LogP contribution is -1.97. The fourth-order valence-corrected chi connectivity index (χ4v) is 1.55. The molecule has 8 heteroatoms. The minimum absolute atomic E-state index is 0.116. The molecular formula is C8H4N6O2. The highest BCUT2D eigenvalue weighted by molar-refractivity contribution is 5.85. The Bertz CT molecular complexity index is 706. The van der Waals surface area contributed by atoms with Crippen LogP contribution in [0.15, 0.2) is 24.5 Å². The van der Waals surface area contributed by atoms with E-state index in [2.05, 4.69) is 20.5 Å². The zero-order chi connectivity index (χ0) is 11.1. The molecule has 8 nitrogen and oxygen atoms in total. The number of aromatic nitrogens is 5. The molecule has 0 atom stereocenters. The molecule has 16 heavy (non-hydrogen) atoms. The van der Waals surface area contributed by atoms with Crippen LogP contribution in [0.25, 0.3) is 16.6 Å². The van der Waals surface area contributed by atoms with Crippen molar-refractivity contribution in [3.05, 3.63) is 34.6 Å². The van der Waals surface area contributed by atoms with E-state index in [-0.39, 0.29) is 11.3 Å². The van der Waals surface area contributed by atoms with Crippen LogP contribution in [0.1, 0.15) is 0 Å². The summed E-state index contributed by atoms with van der Waals surface area (Å²) in [7, 11) is 0. The standard InChI is InChI=1S/C8H4N6O2/c15-14(16)6-3-5-1-2-9-4-7(5)13-8(6)10-11-12-13/h1-4H. The number of rotatable bonds is 1. The topological polar surface area (TPSA) is 99.1 Å². The van der Waals surface area contributed by atoms with Crippen LogP contribution in [0.4, 0.5) is 5.69 Å². The number of nitro groups is 1. The van der Waals surface area contributed by atoms with E-state index in [0.29, 0.717) is 10.9 Å². The van der Waals surface area contributed by atoms with E-state index in [1.54, 1.807) is 18.5 Å². The second-order valence-corrected chi connectivity index (χ2v) is 3.14. The lowest BCUT2D eigenvalue weighted by molar-refractivity contribution is -0.383. The molecule has 0 aliphatic carbocycles. The van der Waals surface area contributed by atoms with Crippen molar-refractivity contribution in [2.75, 3.05) is 0 Å². The van der Waals surface area contributed by atoms with E-state index in [1.165, 1.54) is 10.6 Å². The lowest BCUT2D eigenvalue weighted by Gasteiger charge is -1.99. The molecule has 3 aromatic heterocycles. The molecule has 0 aliphatic heterocycles. The normalized spacial score (nSPS) is 11.0. The molecule has 0 aliphatic rings. The Morgan fingerprint density at radius 3 is 3.12 bits per heavy atom. The molecule has 3 rings (SSSR count). The fraction of sp³-hybridized carbons (Fsp3) is 0. The average molecular weight is 216 g/mol. The molecule has 78 valence electrons. The van der Waals surface area contributed by atoms with Crippen molar-refractivity contribution < 1.29 is 4.92 Å². The molecule has 0 unspecified atom stereocenters. The average Bonchev–Trinajstić information content (AvgIpc) is 2.76. The molecule has 0 saturated carbocycles. The smallest absolute Gasteiger partial charge is 0.262 e. The van der Waals surface area contributed by atoms with Crippen molar-refractivity contribution in [1.82, 2.24) is 25.0 Å². The van der Waals surface area contributed by atoms with Gasteiger partial charge in [-0.2, -0.15) is 4.52 Å². The first-order valence-electron chi connectivity index (χ1n) is 4.36. The number of hydrogen-bond acceptors (Lipinski definition) is 6. The van der Waals surface area contributed by atoms with Crippen molar-refractivity contribution in [2.24, 2.45) is 0 Å². The van der Waals surface area contributed by atoms with Gasteiger partial charge in [0.1, 0.15) is 0 Å². The third kappa shape index (κ3) is 1.03. The quantitative estimate of drug-likeness (QED) is 0.435. The zero-order valence-electron chi connectivity index (χ0n) is 7.81. The summed E-state index contributed by atoms with van der Waals surface area (Å²) in [5, 5.41) is 22.3. The molecule has 3 aromatic rings. The molecule has 0 bridgehead atoms. The minimum atomic E-state index is -0.508. The van der Waals surface area contributed by atoms with Crippen molar-refractivity contribution in [2.45, 2.75) is 0 Å². The van der Waals surface area contributed by atoms with Crippen molar-refractivity contribution in [3.63, 3.8) is 0 Å². The maximum Gasteiger partial charge on any atom is 0.316 e. The third-order valence-electron chi connectivity index (χ3n) is 2.25. The summed E-state index contributed by atoms with van der Waals surface area (Å²) in [6.07, 6.45) is 3.12. The van der Waals surface area contributed by atoms with E-state index < -0.39 is 4.92 Å². The number of fused-ring (bicyclic) bond motifs is 3. The van der Waals surface area contributed by atoms with E-state index in [4.69, 9.17) is 0 Å². The Morgan fingerprint density at radius 1 is 1.44 bits per heavy atom. The molecule has 0 N–H and O–H groups in total. The summed E-state index contributed by atoms with van der Waals surface area (Å²) < 4.78 is 1.31. The first-order chi connectivity index (χ1) is 7.77. The van der Waals surface area contributed by atoms with Gasteiger partial charge in [0.05, 0.1) is 16.6 Å². The van der Waals surface area contributed by atoms with Gasteiger partial charge in [-0.05, 0) is 16.5 Å². The number of hydrogen-bond donors (Lipinski definition) is 0. The lowest BCUT2D eigenvalue weighted by atomic mass is 10.2. The Hall–Kier alpha value is -2.64. The van der Waals surface area contributed by atoms with E-state index >= 15 is 0 Å². The zero-order valence-corrected chi connectivity index (χ0v) is 7.81. The van der Waals surface area contributed by atoms with Gasteiger partial charge in [-0.3, -0.25) is 15.1 Å². The summed E-state index contributed by atoms with van der Waals surface area (Å²) in [6.45, 7) is 0. The maximum atomic E-state index is 10.8. The van der Waals surface area contributed by atoms with Crippen molar-refractivity contribution >= 4 is 22.2 Å². The molecule has 0 spiro atoms. The minimum Gasteiger partial charge on any atom is -0.262 e. The van der Waals surface area contributed by atoms with Gasteiger partial charge in [-0.1, -0.05) is 0 Å². The Morgan fingerprint density at radius 2 is 2.31 bits per heavy atom. The molecular weight excluding hydrogens is 212 g/mol. The Kier molecular flexibility index (Phi) is 1.58. The van der Waals surface area contributed by atoms with Crippen LogP contribution in [0.3, 0.4) is 0 Å². The number of tetrazole rings is 1. The van der Waals surface area contributed by atoms with Gasteiger partial charge in [-0.15, -0.1) is 5.10 Å². The summed E-state index contributed by atoms with van der Waals surface area (Å²) in [6, 6.07) is 3.10. The second kappa shape index (κ2) is 2.92. The first kappa shape index (κ1) is 8.65. The number of pyridine rings is 2. The summed E-state index contributed by atoms with van der Waals surface area (Å²) in [4.78, 5) is 14.3. The molecule has 0 radical (unpaired) electrons. The van der Waals surface area contributed by atoms with Crippen LogP contribution in [0, 0.1) is 10.1 Å². The number of nitrogens with zero attached hydrogens (tertiary/aromatic N) is 6. The third-order valence-corrected chi connectivity index (χ3v) is 2.25. The SMILES string of the molecule is O=[N+]([O-])c1cc2ccncc2n2nnnc12. The van der Waals surface area contributed by atoms with Crippen molar-refractivity contribution in [3.8, 4) is 0 Å². The molecule has 0 amide bonds. The largest absolute Gasteiger partial charge is 0.316 e. The first-order valence-corrected chi connectivity index (χ1v) is 4.36. The van der Waals surface area contributed by atoms with Gasteiger partial charge in [0.25, 0.3) is 5.65 Å². The van der Waals surface area contributed by atoms with Gasteiger partial charge >= 0.3 is 5.69 Å². The highest BCUT2D eigenvalue weighted by atomic mass is 16.6. The van der Waals surface area contributed by atoms with Crippen LogP contribution in [0.5, 0.6) is 0 Å². The van der Waals surface area contributed by atoms with Gasteiger partial charge in [0, 0.05) is 17.6 Å². The van der Waals surface area contributed by atoms with Crippen LogP contribution in [-0.2, 0) is 0 Å². The van der Waals surface area contributed by atoms with Crippen LogP contribution >= 0.6 is 0 Å². The van der Waals surface area contributed by atoms with Gasteiger partial charge in [0.15, 0.2) is 0 Å². The Labute approximate surface area is 87.7 Å². The highest BCUT2D eigenvalue weighted by Gasteiger charge is 2.18. The molecule has 3 heterocycles.